The number of hydrogen-bond acceptors (Lipinski definition) is 5. The number of benzene rings is 1. The van der Waals surface area contributed by atoms with Gasteiger partial charge in [-0.25, -0.2) is 9.78 Å². The first-order valence-electron chi connectivity index (χ1n) is 6.21. The van der Waals surface area contributed by atoms with Crippen molar-refractivity contribution in [3.63, 3.8) is 0 Å². The van der Waals surface area contributed by atoms with E-state index in [9.17, 15) is 9.59 Å². The van der Waals surface area contributed by atoms with E-state index < -0.39 is 17.2 Å². The second kappa shape index (κ2) is 4.86. The van der Waals surface area contributed by atoms with Crippen LogP contribution in [0.1, 0.15) is 21.9 Å². The molecule has 7 heteroatoms. The maximum absolute atomic E-state index is 12.3. The molecule has 3 rings (SSSR count). The molecule has 106 valence electrons. The molecule has 0 amide bonds. The fraction of sp³-hybridized carbons (Fsp3) is 0.143. The van der Waals surface area contributed by atoms with Crippen molar-refractivity contribution < 1.29 is 14.4 Å². The van der Waals surface area contributed by atoms with Gasteiger partial charge in [0.25, 0.3) is 5.56 Å². The number of rotatable bonds is 3. The first-order valence-corrected chi connectivity index (χ1v) is 6.21. The number of fused-ring (bicyclic) bond motifs is 1. The van der Waals surface area contributed by atoms with E-state index in [1.54, 1.807) is 37.3 Å². The van der Waals surface area contributed by atoms with E-state index in [2.05, 4.69) is 10.1 Å². The van der Waals surface area contributed by atoms with Crippen LogP contribution in [0.15, 0.2) is 39.6 Å². The van der Waals surface area contributed by atoms with Crippen LogP contribution in [0, 0.1) is 6.92 Å². The zero-order valence-electron chi connectivity index (χ0n) is 11.1. The van der Waals surface area contributed by atoms with E-state index in [0.29, 0.717) is 22.5 Å². The third-order valence-corrected chi connectivity index (χ3v) is 3.05. The van der Waals surface area contributed by atoms with Crippen molar-refractivity contribution in [1.82, 2.24) is 14.7 Å². The van der Waals surface area contributed by atoms with Gasteiger partial charge in [-0.1, -0.05) is 17.3 Å². The summed E-state index contributed by atoms with van der Waals surface area (Å²) in [7, 11) is 0. The van der Waals surface area contributed by atoms with E-state index in [-0.39, 0.29) is 6.54 Å². The van der Waals surface area contributed by atoms with Crippen LogP contribution in [-0.2, 0) is 6.54 Å². The minimum atomic E-state index is -1.35. The molecule has 21 heavy (non-hydrogen) atoms. The summed E-state index contributed by atoms with van der Waals surface area (Å²) in [6, 6.07) is 8.55. The van der Waals surface area contributed by atoms with Crippen molar-refractivity contribution in [3.05, 3.63) is 57.8 Å². The fourth-order valence-electron chi connectivity index (χ4n) is 2.14. The Labute approximate surface area is 118 Å². The monoisotopic (exact) mass is 285 g/mol. The summed E-state index contributed by atoms with van der Waals surface area (Å²) >= 11 is 0. The highest BCUT2D eigenvalue weighted by Gasteiger charge is 2.17. The average Bonchev–Trinajstić information content (AvgIpc) is 2.87. The van der Waals surface area contributed by atoms with Gasteiger partial charge in [0, 0.05) is 6.07 Å². The lowest BCUT2D eigenvalue weighted by Gasteiger charge is -2.09. The van der Waals surface area contributed by atoms with Crippen molar-refractivity contribution in [2.24, 2.45) is 0 Å². The molecule has 1 aromatic carbocycles. The van der Waals surface area contributed by atoms with E-state index in [0.717, 1.165) is 0 Å². The molecule has 0 saturated carbocycles. The molecule has 3 aromatic rings. The number of aromatic nitrogens is 3. The zero-order chi connectivity index (χ0) is 15.0. The Morgan fingerprint density at radius 2 is 2.14 bits per heavy atom. The summed E-state index contributed by atoms with van der Waals surface area (Å²) in [5.74, 6) is -0.879. The quantitative estimate of drug-likeness (QED) is 0.781. The van der Waals surface area contributed by atoms with Gasteiger partial charge in [-0.05, 0) is 19.1 Å². The van der Waals surface area contributed by atoms with Crippen molar-refractivity contribution in [2.75, 3.05) is 0 Å². The summed E-state index contributed by atoms with van der Waals surface area (Å²) in [4.78, 5) is 27.4. The molecule has 0 spiro atoms. The average molecular weight is 285 g/mol. The smallest absolute Gasteiger partial charge is 0.360 e. The number of carboxylic acids is 1. The van der Waals surface area contributed by atoms with E-state index in [1.807, 2.05) is 0 Å². The minimum Gasteiger partial charge on any atom is -0.476 e. The minimum absolute atomic E-state index is 0.100. The lowest BCUT2D eigenvalue weighted by molar-refractivity contribution is 0.0688. The molecule has 0 aliphatic heterocycles. The highest BCUT2D eigenvalue weighted by Crippen LogP contribution is 2.12. The third kappa shape index (κ3) is 2.29. The molecule has 0 bridgehead atoms. The molecule has 0 aliphatic carbocycles. The first-order chi connectivity index (χ1) is 10.1. The maximum Gasteiger partial charge on any atom is 0.360 e. The van der Waals surface area contributed by atoms with Crippen molar-refractivity contribution >= 4 is 17.0 Å². The van der Waals surface area contributed by atoms with Crippen LogP contribution in [0.2, 0.25) is 0 Å². The van der Waals surface area contributed by atoms with E-state index >= 15 is 0 Å². The Morgan fingerprint density at radius 3 is 2.81 bits per heavy atom. The fourth-order valence-corrected chi connectivity index (χ4v) is 2.14. The number of aromatic carboxylic acids is 1. The summed E-state index contributed by atoms with van der Waals surface area (Å²) in [6.07, 6.45) is 0. The van der Waals surface area contributed by atoms with E-state index in [1.165, 1.54) is 4.57 Å². The van der Waals surface area contributed by atoms with Gasteiger partial charge in [0.15, 0.2) is 5.76 Å². The van der Waals surface area contributed by atoms with Crippen molar-refractivity contribution in [2.45, 2.75) is 13.5 Å². The normalized spacial score (nSPS) is 10.9. The maximum atomic E-state index is 12.3. The summed E-state index contributed by atoms with van der Waals surface area (Å²) < 4.78 is 6.42. The van der Waals surface area contributed by atoms with Gasteiger partial charge in [-0.15, -0.1) is 0 Å². The standard InChI is InChI=1S/C14H11N3O4/c1-8-6-9(21-16-8)7-17-11-5-3-2-4-10(11)15-12(13(17)18)14(19)20/h2-6H,7H2,1H3,(H,19,20). The molecule has 0 radical (unpaired) electrons. The third-order valence-electron chi connectivity index (χ3n) is 3.05. The molecule has 7 nitrogen and oxygen atoms in total. The van der Waals surface area contributed by atoms with Crippen molar-refractivity contribution in [1.29, 1.82) is 0 Å². The molecule has 0 atom stereocenters. The Bertz CT molecular complexity index is 895. The van der Waals surface area contributed by atoms with Crippen LogP contribution < -0.4 is 5.56 Å². The first kappa shape index (κ1) is 13.0. The van der Waals surface area contributed by atoms with Gasteiger partial charge in [-0.2, -0.15) is 0 Å². The number of para-hydroxylation sites is 2. The van der Waals surface area contributed by atoms with Crippen molar-refractivity contribution in [3.8, 4) is 0 Å². The SMILES string of the molecule is Cc1cc(Cn2c(=O)c(C(=O)O)nc3ccccc32)on1. The Hall–Kier alpha value is -2.96. The Balaban J connectivity index is 2.25. The molecule has 2 aromatic heterocycles. The number of aryl methyl sites for hydroxylation is 1. The summed E-state index contributed by atoms with van der Waals surface area (Å²) in [5, 5.41) is 12.9. The predicted molar refractivity (Wildman–Crippen MR) is 73.3 cm³/mol. The van der Waals surface area contributed by atoms with Crippen LogP contribution in [0.5, 0.6) is 0 Å². The lowest BCUT2D eigenvalue weighted by Crippen LogP contribution is -2.28. The number of hydrogen-bond donors (Lipinski definition) is 1. The molecule has 0 fully saturated rings. The Morgan fingerprint density at radius 1 is 1.38 bits per heavy atom. The number of carboxylic acid groups (broad SMARTS) is 1. The molecule has 0 saturated heterocycles. The van der Waals surface area contributed by atoms with Crippen LogP contribution in [0.3, 0.4) is 0 Å². The number of nitrogens with zero attached hydrogens (tertiary/aromatic N) is 3. The second-order valence-electron chi connectivity index (χ2n) is 4.58. The van der Waals surface area contributed by atoms with E-state index in [4.69, 9.17) is 9.63 Å². The highest BCUT2D eigenvalue weighted by atomic mass is 16.5. The molecule has 0 aliphatic rings. The van der Waals surface area contributed by atoms with Gasteiger partial charge in [0.05, 0.1) is 23.3 Å². The number of carbonyl (C=O) groups is 1. The molecular formula is C14H11N3O4. The topological polar surface area (TPSA) is 98.2 Å². The van der Waals surface area contributed by atoms with Crippen LogP contribution >= 0.6 is 0 Å². The van der Waals surface area contributed by atoms with Crippen LogP contribution in [0.25, 0.3) is 11.0 Å². The van der Waals surface area contributed by atoms with Gasteiger partial charge in [0.2, 0.25) is 5.69 Å². The molecular weight excluding hydrogens is 274 g/mol. The van der Waals surface area contributed by atoms with Gasteiger partial charge in [-0.3, -0.25) is 9.36 Å². The van der Waals surface area contributed by atoms with Gasteiger partial charge < -0.3 is 9.63 Å². The van der Waals surface area contributed by atoms with Crippen LogP contribution in [0.4, 0.5) is 0 Å². The summed E-state index contributed by atoms with van der Waals surface area (Å²) in [6.45, 7) is 1.87. The van der Waals surface area contributed by atoms with Gasteiger partial charge in [0.1, 0.15) is 0 Å². The molecule has 2 heterocycles. The highest BCUT2D eigenvalue weighted by molar-refractivity contribution is 5.88. The Kier molecular flexibility index (Phi) is 3.02. The predicted octanol–water partition coefficient (Wildman–Crippen LogP) is 1.44. The lowest BCUT2D eigenvalue weighted by atomic mass is 10.2. The molecule has 0 unspecified atom stereocenters. The largest absolute Gasteiger partial charge is 0.476 e. The zero-order valence-corrected chi connectivity index (χ0v) is 11.1. The van der Waals surface area contributed by atoms with Crippen LogP contribution in [-0.4, -0.2) is 25.8 Å². The molecule has 1 N–H and O–H groups in total. The van der Waals surface area contributed by atoms with Gasteiger partial charge >= 0.3 is 5.97 Å². The summed E-state index contributed by atoms with van der Waals surface area (Å²) in [5.41, 5.74) is 0.488. The second-order valence-corrected chi connectivity index (χ2v) is 4.58.